The molecular formula is C22H28N2O5S. The number of carbonyl (C=O) groups excluding carboxylic acids is 1. The van der Waals surface area contributed by atoms with Gasteiger partial charge in [-0.05, 0) is 56.7 Å². The summed E-state index contributed by atoms with van der Waals surface area (Å²) in [7, 11) is -3.57. The van der Waals surface area contributed by atoms with Crippen LogP contribution in [-0.2, 0) is 14.8 Å². The number of rotatable bonds is 7. The lowest BCUT2D eigenvalue weighted by Crippen LogP contribution is -2.51. The van der Waals surface area contributed by atoms with E-state index in [1.165, 1.54) is 4.31 Å². The molecule has 0 radical (unpaired) electrons. The molecule has 1 aliphatic heterocycles. The lowest BCUT2D eigenvalue weighted by molar-refractivity contribution is -0.134. The van der Waals surface area contributed by atoms with Gasteiger partial charge < -0.3 is 14.4 Å². The molecule has 2 aromatic rings. The molecule has 0 aromatic heterocycles. The maximum absolute atomic E-state index is 13.0. The van der Waals surface area contributed by atoms with Crippen LogP contribution in [0, 0.1) is 13.8 Å². The molecule has 0 saturated carbocycles. The van der Waals surface area contributed by atoms with E-state index in [1.807, 2.05) is 19.9 Å². The molecule has 30 heavy (non-hydrogen) atoms. The van der Waals surface area contributed by atoms with Crippen molar-refractivity contribution in [2.75, 3.05) is 39.4 Å². The van der Waals surface area contributed by atoms with Crippen LogP contribution in [0.4, 0.5) is 0 Å². The normalized spacial score (nSPS) is 15.1. The van der Waals surface area contributed by atoms with Gasteiger partial charge in [0.1, 0.15) is 11.5 Å². The van der Waals surface area contributed by atoms with Crippen molar-refractivity contribution in [2.24, 2.45) is 0 Å². The first-order valence-corrected chi connectivity index (χ1v) is 11.5. The minimum absolute atomic E-state index is 0.0855. The third-order valence-electron chi connectivity index (χ3n) is 5.04. The Morgan fingerprint density at radius 2 is 1.53 bits per heavy atom. The summed E-state index contributed by atoms with van der Waals surface area (Å²) < 4.78 is 38.3. The molecule has 1 aliphatic rings. The number of hydrogen-bond donors (Lipinski definition) is 0. The largest absolute Gasteiger partial charge is 0.494 e. The van der Waals surface area contributed by atoms with E-state index in [-0.39, 0.29) is 25.6 Å². The fourth-order valence-electron chi connectivity index (χ4n) is 3.44. The van der Waals surface area contributed by atoms with E-state index in [1.54, 1.807) is 48.2 Å². The van der Waals surface area contributed by atoms with Crippen molar-refractivity contribution < 1.29 is 22.7 Å². The highest BCUT2D eigenvalue weighted by atomic mass is 32.2. The first kappa shape index (κ1) is 22.1. The number of carbonyl (C=O) groups is 1. The van der Waals surface area contributed by atoms with Crippen molar-refractivity contribution in [3.63, 3.8) is 0 Å². The fraction of sp³-hybridized carbons (Fsp3) is 0.409. The standard InChI is InChI=1S/C22H28N2O5S/c1-4-28-19-6-8-20(9-7-19)29-16-22(25)23-11-13-24(14-12-23)30(26,27)21-10-5-17(2)15-18(21)3/h5-10,15H,4,11-14,16H2,1-3H3. The van der Waals surface area contributed by atoms with Crippen LogP contribution in [0.5, 0.6) is 11.5 Å². The molecule has 0 atom stereocenters. The van der Waals surface area contributed by atoms with Gasteiger partial charge in [-0.25, -0.2) is 8.42 Å². The van der Waals surface area contributed by atoms with Crippen molar-refractivity contribution >= 4 is 15.9 Å². The van der Waals surface area contributed by atoms with E-state index in [0.29, 0.717) is 30.3 Å². The number of hydrogen-bond acceptors (Lipinski definition) is 5. The first-order chi connectivity index (χ1) is 14.3. The zero-order valence-corrected chi connectivity index (χ0v) is 18.4. The topological polar surface area (TPSA) is 76.2 Å². The Morgan fingerprint density at radius 3 is 2.10 bits per heavy atom. The van der Waals surface area contributed by atoms with Crippen molar-refractivity contribution in [1.29, 1.82) is 0 Å². The second-order valence-electron chi connectivity index (χ2n) is 7.25. The molecule has 0 N–H and O–H groups in total. The van der Waals surface area contributed by atoms with Gasteiger partial charge in [0.05, 0.1) is 11.5 Å². The van der Waals surface area contributed by atoms with Gasteiger partial charge in [0, 0.05) is 26.2 Å². The fourth-order valence-corrected chi connectivity index (χ4v) is 5.07. The number of nitrogens with zero attached hydrogens (tertiary/aromatic N) is 2. The predicted octanol–water partition coefficient (Wildman–Crippen LogP) is 2.61. The van der Waals surface area contributed by atoms with Crippen molar-refractivity contribution in [3.8, 4) is 11.5 Å². The molecule has 162 valence electrons. The minimum atomic E-state index is -3.57. The Morgan fingerprint density at radius 1 is 0.933 bits per heavy atom. The Kier molecular flexibility index (Phi) is 6.99. The van der Waals surface area contributed by atoms with Gasteiger partial charge in [-0.2, -0.15) is 4.31 Å². The van der Waals surface area contributed by atoms with E-state index in [2.05, 4.69) is 0 Å². The molecule has 3 rings (SSSR count). The maximum atomic E-state index is 13.0. The van der Waals surface area contributed by atoms with Crippen molar-refractivity contribution in [3.05, 3.63) is 53.6 Å². The van der Waals surface area contributed by atoms with Crippen molar-refractivity contribution in [1.82, 2.24) is 9.21 Å². The first-order valence-electron chi connectivity index (χ1n) is 10.0. The van der Waals surface area contributed by atoms with Crippen LogP contribution >= 0.6 is 0 Å². The monoisotopic (exact) mass is 432 g/mol. The molecule has 1 saturated heterocycles. The lowest BCUT2D eigenvalue weighted by Gasteiger charge is -2.34. The van der Waals surface area contributed by atoms with Crippen LogP contribution in [0.3, 0.4) is 0 Å². The Bertz CT molecular complexity index is 981. The number of aryl methyl sites for hydroxylation is 2. The Labute approximate surface area is 178 Å². The van der Waals surface area contributed by atoms with E-state index < -0.39 is 10.0 Å². The number of piperazine rings is 1. The number of amides is 1. The molecule has 0 spiro atoms. The predicted molar refractivity (Wildman–Crippen MR) is 114 cm³/mol. The van der Waals surface area contributed by atoms with Gasteiger partial charge in [-0.3, -0.25) is 4.79 Å². The highest BCUT2D eigenvalue weighted by Gasteiger charge is 2.31. The van der Waals surface area contributed by atoms with Crippen LogP contribution < -0.4 is 9.47 Å². The third kappa shape index (κ3) is 5.12. The van der Waals surface area contributed by atoms with Crippen LogP contribution in [0.25, 0.3) is 0 Å². The van der Waals surface area contributed by atoms with E-state index in [9.17, 15) is 13.2 Å². The maximum Gasteiger partial charge on any atom is 0.260 e. The Hall–Kier alpha value is -2.58. The molecule has 1 amide bonds. The Balaban J connectivity index is 1.53. The summed E-state index contributed by atoms with van der Waals surface area (Å²) in [5.41, 5.74) is 1.76. The molecule has 1 fully saturated rings. The van der Waals surface area contributed by atoms with Crippen LogP contribution in [0.2, 0.25) is 0 Å². The van der Waals surface area contributed by atoms with E-state index in [0.717, 1.165) is 16.9 Å². The van der Waals surface area contributed by atoms with Gasteiger partial charge in [0.2, 0.25) is 10.0 Å². The van der Waals surface area contributed by atoms with Gasteiger partial charge in [0.25, 0.3) is 5.91 Å². The van der Waals surface area contributed by atoms with E-state index in [4.69, 9.17) is 9.47 Å². The van der Waals surface area contributed by atoms with E-state index >= 15 is 0 Å². The molecule has 8 heteroatoms. The minimum Gasteiger partial charge on any atom is -0.494 e. The second kappa shape index (κ2) is 9.49. The quantitative estimate of drug-likeness (QED) is 0.672. The average Bonchev–Trinajstić information content (AvgIpc) is 2.73. The molecular weight excluding hydrogens is 404 g/mol. The average molecular weight is 433 g/mol. The molecule has 2 aromatic carbocycles. The van der Waals surface area contributed by atoms with Gasteiger partial charge in [-0.1, -0.05) is 17.7 Å². The SMILES string of the molecule is CCOc1ccc(OCC(=O)N2CCN(S(=O)(=O)c3ccc(C)cc3C)CC2)cc1. The summed E-state index contributed by atoms with van der Waals surface area (Å²) in [5, 5.41) is 0. The lowest BCUT2D eigenvalue weighted by atomic mass is 10.2. The van der Waals surface area contributed by atoms with Gasteiger partial charge >= 0.3 is 0 Å². The number of ether oxygens (including phenoxy) is 2. The summed E-state index contributed by atoms with van der Waals surface area (Å²) in [6.45, 7) is 7.37. The number of benzene rings is 2. The van der Waals surface area contributed by atoms with Crippen LogP contribution in [0.15, 0.2) is 47.4 Å². The summed E-state index contributed by atoms with van der Waals surface area (Å²) >= 11 is 0. The van der Waals surface area contributed by atoms with Gasteiger partial charge in [-0.15, -0.1) is 0 Å². The molecule has 1 heterocycles. The van der Waals surface area contributed by atoms with Crippen LogP contribution in [0.1, 0.15) is 18.1 Å². The molecule has 7 nitrogen and oxygen atoms in total. The highest BCUT2D eigenvalue weighted by Crippen LogP contribution is 2.22. The summed E-state index contributed by atoms with van der Waals surface area (Å²) in [6, 6.07) is 12.4. The second-order valence-corrected chi connectivity index (χ2v) is 9.15. The molecule has 0 bridgehead atoms. The smallest absolute Gasteiger partial charge is 0.260 e. The summed E-state index contributed by atoms with van der Waals surface area (Å²) in [5.74, 6) is 1.17. The van der Waals surface area contributed by atoms with Gasteiger partial charge in [0.15, 0.2) is 6.61 Å². The zero-order valence-electron chi connectivity index (χ0n) is 17.6. The molecule has 0 unspecified atom stereocenters. The highest BCUT2D eigenvalue weighted by molar-refractivity contribution is 7.89. The summed E-state index contributed by atoms with van der Waals surface area (Å²) in [4.78, 5) is 14.4. The van der Waals surface area contributed by atoms with Crippen molar-refractivity contribution in [2.45, 2.75) is 25.7 Å². The third-order valence-corrected chi connectivity index (χ3v) is 7.10. The zero-order chi connectivity index (χ0) is 21.7. The number of sulfonamides is 1. The molecule has 0 aliphatic carbocycles. The van der Waals surface area contributed by atoms with Crippen LogP contribution in [-0.4, -0.2) is 62.9 Å². The summed E-state index contributed by atoms with van der Waals surface area (Å²) in [6.07, 6.45) is 0.